The van der Waals surface area contributed by atoms with Gasteiger partial charge in [-0.2, -0.15) is 4.37 Å². The lowest BCUT2D eigenvalue weighted by Gasteiger charge is -2.32. The van der Waals surface area contributed by atoms with Crippen molar-refractivity contribution in [1.29, 1.82) is 0 Å². The summed E-state index contributed by atoms with van der Waals surface area (Å²) in [4.78, 5) is 41.3. The third-order valence-corrected chi connectivity index (χ3v) is 7.00. The van der Waals surface area contributed by atoms with Gasteiger partial charge in [-0.05, 0) is 62.6 Å². The molecule has 0 spiro atoms. The zero-order chi connectivity index (χ0) is 26.4. The van der Waals surface area contributed by atoms with E-state index in [2.05, 4.69) is 37.2 Å². The molecular weight excluding hydrogens is 501 g/mol. The van der Waals surface area contributed by atoms with Crippen molar-refractivity contribution < 1.29 is 23.5 Å². The highest BCUT2D eigenvalue weighted by Gasteiger charge is 2.25. The molecule has 4 amide bonds. The van der Waals surface area contributed by atoms with Gasteiger partial charge in [-0.3, -0.25) is 14.9 Å². The van der Waals surface area contributed by atoms with Crippen LogP contribution in [0.15, 0.2) is 18.2 Å². The normalized spacial score (nSPS) is 16.3. The van der Waals surface area contributed by atoms with Crippen LogP contribution in [-0.2, 0) is 6.61 Å². The van der Waals surface area contributed by atoms with Crippen LogP contribution >= 0.6 is 11.5 Å². The summed E-state index contributed by atoms with van der Waals surface area (Å²) in [6, 6.07) is 3.68. The molecule has 0 bridgehead atoms. The highest BCUT2D eigenvalue weighted by molar-refractivity contribution is 7.11. The molecule has 2 aliphatic rings. The average molecular weight is 534 g/mol. The number of halogens is 1. The lowest BCUT2D eigenvalue weighted by Crippen LogP contribution is -2.45. The maximum absolute atomic E-state index is 14.3. The molecule has 1 aromatic carbocycles. The van der Waals surface area contributed by atoms with Gasteiger partial charge >= 0.3 is 6.03 Å². The largest absolute Gasteiger partial charge is 0.471 e. The summed E-state index contributed by atoms with van der Waals surface area (Å²) < 4.78 is 24.0. The molecule has 37 heavy (non-hydrogen) atoms. The monoisotopic (exact) mass is 533 g/mol. The van der Waals surface area contributed by atoms with Gasteiger partial charge in [0.2, 0.25) is 5.88 Å². The molecule has 0 atom stereocenters. The second-order valence-corrected chi connectivity index (χ2v) is 10.1. The zero-order valence-electron chi connectivity index (χ0n) is 20.7. The smallest absolute Gasteiger partial charge is 0.319 e. The van der Waals surface area contributed by atoms with Crippen molar-refractivity contribution in [2.75, 3.05) is 51.6 Å². The second-order valence-electron chi connectivity index (χ2n) is 9.28. The first kappa shape index (κ1) is 26.8. The number of carbonyl (C=O) groups is 3. The van der Waals surface area contributed by atoms with Gasteiger partial charge in [-0.15, -0.1) is 0 Å². The molecule has 1 aliphatic carbocycles. The Hall–Kier alpha value is -3.29. The number of urea groups is 1. The van der Waals surface area contributed by atoms with E-state index in [1.54, 1.807) is 0 Å². The lowest BCUT2D eigenvalue weighted by atomic mass is 10.1. The maximum atomic E-state index is 14.3. The fourth-order valence-corrected chi connectivity index (χ4v) is 4.60. The average Bonchev–Trinajstić information content (AvgIpc) is 3.59. The summed E-state index contributed by atoms with van der Waals surface area (Å²) in [6.07, 6.45) is 2.67. The quantitative estimate of drug-likeness (QED) is 0.322. The van der Waals surface area contributed by atoms with E-state index in [9.17, 15) is 18.8 Å². The number of nitrogens with zero attached hydrogens (tertiary/aromatic N) is 3. The van der Waals surface area contributed by atoms with E-state index in [4.69, 9.17) is 10.5 Å². The second kappa shape index (κ2) is 12.3. The molecule has 2 heterocycles. The predicted molar refractivity (Wildman–Crippen MR) is 137 cm³/mol. The summed E-state index contributed by atoms with van der Waals surface area (Å²) >= 11 is 0.838. The summed E-state index contributed by atoms with van der Waals surface area (Å²) in [7, 11) is 2.10. The Bertz CT molecular complexity index is 1130. The molecule has 0 radical (unpaired) electrons. The standard InChI is InChI=1S/C24H32FN7O4S/c1-31-9-11-32(12-10-31)8-2-7-27-24(35)29-23-19(20(26)33)22(30-37-23)36-14-16-13-15(3-6-18(16)25)21(34)28-17-4-5-17/h3,6,13,17H,2,4-5,7-12,14H2,1H3,(H2,26,33)(H,28,34)(H2,27,29,35). The molecule has 1 saturated carbocycles. The van der Waals surface area contributed by atoms with E-state index in [-0.39, 0.29) is 40.6 Å². The summed E-state index contributed by atoms with van der Waals surface area (Å²) in [5, 5.41) is 8.34. The van der Waals surface area contributed by atoms with Crippen LogP contribution in [0.25, 0.3) is 0 Å². The number of carbonyl (C=O) groups excluding carboxylic acids is 3. The number of likely N-dealkylation sites (N-methyl/N-ethyl adjacent to an activating group) is 1. The maximum Gasteiger partial charge on any atom is 0.319 e. The van der Waals surface area contributed by atoms with Gasteiger partial charge in [-0.25, -0.2) is 9.18 Å². The van der Waals surface area contributed by atoms with Gasteiger partial charge in [0.1, 0.15) is 23.0 Å². The van der Waals surface area contributed by atoms with E-state index in [0.29, 0.717) is 12.1 Å². The molecular formula is C24H32FN7O4S. The van der Waals surface area contributed by atoms with Gasteiger partial charge in [-0.1, -0.05) is 0 Å². The van der Waals surface area contributed by atoms with Crippen molar-refractivity contribution in [2.24, 2.45) is 5.73 Å². The number of aromatic nitrogens is 1. The third kappa shape index (κ3) is 7.60. The van der Waals surface area contributed by atoms with Gasteiger partial charge in [0.25, 0.3) is 11.8 Å². The van der Waals surface area contributed by atoms with Crippen molar-refractivity contribution >= 4 is 34.4 Å². The van der Waals surface area contributed by atoms with E-state index in [0.717, 1.165) is 63.5 Å². The number of rotatable bonds is 11. The Morgan fingerprint density at radius 3 is 2.68 bits per heavy atom. The van der Waals surface area contributed by atoms with Crippen LogP contribution < -0.4 is 26.4 Å². The number of ether oxygens (including phenoxy) is 1. The van der Waals surface area contributed by atoms with Crippen LogP contribution in [0, 0.1) is 5.82 Å². The molecule has 13 heteroatoms. The third-order valence-electron chi connectivity index (χ3n) is 6.25. The molecule has 2 aromatic rings. The van der Waals surface area contributed by atoms with E-state index in [1.165, 1.54) is 18.2 Å². The first-order chi connectivity index (χ1) is 17.8. The van der Waals surface area contributed by atoms with E-state index in [1.807, 2.05) is 0 Å². The highest BCUT2D eigenvalue weighted by atomic mass is 32.1. The molecule has 1 aromatic heterocycles. The van der Waals surface area contributed by atoms with Crippen LogP contribution in [0.3, 0.4) is 0 Å². The van der Waals surface area contributed by atoms with Crippen LogP contribution in [0.2, 0.25) is 0 Å². The highest BCUT2D eigenvalue weighted by Crippen LogP contribution is 2.31. The number of nitrogens with one attached hydrogen (secondary N) is 3. The Balaban J connectivity index is 1.29. The molecule has 5 N–H and O–H groups in total. The Morgan fingerprint density at radius 1 is 1.22 bits per heavy atom. The minimum absolute atomic E-state index is 0.0966. The first-order valence-electron chi connectivity index (χ1n) is 12.3. The van der Waals surface area contributed by atoms with Crippen molar-refractivity contribution in [2.45, 2.75) is 31.9 Å². The number of amides is 4. The van der Waals surface area contributed by atoms with Crippen LogP contribution in [0.1, 0.15) is 45.5 Å². The number of primary amides is 1. The zero-order valence-corrected chi connectivity index (χ0v) is 21.5. The van der Waals surface area contributed by atoms with E-state index < -0.39 is 17.8 Å². The van der Waals surface area contributed by atoms with Crippen molar-refractivity contribution in [3.8, 4) is 5.88 Å². The lowest BCUT2D eigenvalue weighted by molar-refractivity contribution is 0.0949. The topological polar surface area (TPSA) is 142 Å². The molecule has 11 nitrogen and oxygen atoms in total. The molecule has 4 rings (SSSR count). The van der Waals surface area contributed by atoms with Gasteiger partial charge in [0.15, 0.2) is 0 Å². The fraction of sp³-hybridized carbons (Fsp3) is 0.500. The number of hydrogen-bond donors (Lipinski definition) is 4. The number of nitrogens with two attached hydrogens (primary N) is 1. The Morgan fingerprint density at radius 2 is 1.97 bits per heavy atom. The van der Waals surface area contributed by atoms with Gasteiger partial charge in [0, 0.05) is 49.9 Å². The number of hydrogen-bond acceptors (Lipinski definition) is 8. The molecule has 200 valence electrons. The molecule has 1 saturated heterocycles. The van der Waals surface area contributed by atoms with Crippen molar-refractivity contribution in [1.82, 2.24) is 24.8 Å². The minimum atomic E-state index is -0.841. The number of piperazine rings is 1. The molecule has 2 fully saturated rings. The van der Waals surface area contributed by atoms with E-state index >= 15 is 0 Å². The predicted octanol–water partition coefficient (Wildman–Crippen LogP) is 1.61. The summed E-state index contributed by atoms with van der Waals surface area (Å²) in [5.74, 6) is -1.80. The first-order valence-corrected chi connectivity index (χ1v) is 13.0. The fourth-order valence-electron chi connectivity index (χ4n) is 3.87. The van der Waals surface area contributed by atoms with Crippen LogP contribution in [0.5, 0.6) is 5.88 Å². The minimum Gasteiger partial charge on any atom is -0.471 e. The van der Waals surface area contributed by atoms with Crippen LogP contribution in [-0.4, -0.2) is 84.4 Å². The summed E-state index contributed by atoms with van der Waals surface area (Å²) in [6.45, 7) is 5.17. The molecule has 1 aliphatic heterocycles. The Kier molecular flexibility index (Phi) is 8.90. The van der Waals surface area contributed by atoms with Crippen molar-refractivity contribution in [3.05, 3.63) is 40.7 Å². The number of benzene rings is 1. The number of anilines is 1. The SMILES string of the molecule is CN1CCN(CCCNC(=O)Nc2snc(OCc3cc(C(=O)NC4CC4)ccc3F)c2C(N)=O)CC1. The van der Waals surface area contributed by atoms with Crippen molar-refractivity contribution in [3.63, 3.8) is 0 Å². The Labute approximate surface area is 218 Å². The van der Waals surface area contributed by atoms with Gasteiger partial charge in [0.05, 0.1) is 0 Å². The van der Waals surface area contributed by atoms with Crippen LogP contribution in [0.4, 0.5) is 14.2 Å². The summed E-state index contributed by atoms with van der Waals surface area (Å²) in [5.41, 5.74) is 5.84. The molecule has 0 unspecified atom stereocenters. The van der Waals surface area contributed by atoms with Gasteiger partial charge < -0.3 is 30.9 Å².